The van der Waals surface area contributed by atoms with Crippen LogP contribution in [-0.4, -0.2) is 39.5 Å². The number of primary amides is 1. The van der Waals surface area contributed by atoms with Crippen LogP contribution in [0, 0.1) is 5.82 Å². The number of halogens is 1. The van der Waals surface area contributed by atoms with Gasteiger partial charge < -0.3 is 24.7 Å². The number of rotatable bonds is 10. The second-order valence-corrected chi connectivity index (χ2v) is 11.3. The van der Waals surface area contributed by atoms with Crippen LogP contribution >= 0.6 is 0 Å². The van der Waals surface area contributed by atoms with E-state index in [0.29, 0.717) is 45.3 Å². The van der Waals surface area contributed by atoms with Gasteiger partial charge in [0.2, 0.25) is 11.8 Å². The van der Waals surface area contributed by atoms with Crippen molar-refractivity contribution in [1.82, 2.24) is 9.97 Å². The Hall–Kier alpha value is -4.57. The first-order chi connectivity index (χ1) is 20.0. The lowest BCUT2D eigenvalue weighted by atomic mass is 9.81. The highest BCUT2D eigenvalue weighted by Gasteiger charge is 2.45. The van der Waals surface area contributed by atoms with Gasteiger partial charge in [-0.2, -0.15) is 0 Å². The smallest absolute Gasteiger partial charge is 0.231 e. The maximum Gasteiger partial charge on any atom is 0.231 e. The van der Waals surface area contributed by atoms with Crippen LogP contribution in [-0.2, 0) is 15.8 Å². The summed E-state index contributed by atoms with van der Waals surface area (Å²) < 4.78 is 31.0. The minimum Gasteiger partial charge on any atom is -0.490 e. The monoisotopic (exact) mass is 571 g/mol. The molecule has 3 heterocycles. The van der Waals surface area contributed by atoms with E-state index in [0.717, 1.165) is 12.8 Å². The molecule has 2 aliphatic rings. The van der Waals surface area contributed by atoms with Crippen LogP contribution in [0.2, 0.25) is 0 Å². The third-order valence-electron chi connectivity index (χ3n) is 7.91. The Morgan fingerprint density at radius 2 is 1.95 bits per heavy atom. The molecule has 3 N–H and O–H groups in total. The normalized spacial score (nSPS) is 19.0. The molecule has 0 unspecified atom stereocenters. The first-order valence-electron chi connectivity index (χ1n) is 13.8. The van der Waals surface area contributed by atoms with Gasteiger partial charge in [0.05, 0.1) is 23.6 Å². The number of ketones is 1. The number of ether oxygens (including phenoxy) is 2. The highest BCUT2D eigenvalue weighted by Crippen LogP contribution is 2.46. The van der Waals surface area contributed by atoms with Gasteiger partial charge in [-0.1, -0.05) is 6.07 Å². The maximum absolute atomic E-state index is 13.7. The third-order valence-corrected chi connectivity index (χ3v) is 7.91. The van der Waals surface area contributed by atoms with E-state index >= 15 is 0 Å². The van der Waals surface area contributed by atoms with Crippen molar-refractivity contribution in [2.24, 2.45) is 5.73 Å². The number of fused-ring (bicyclic) bond motifs is 1. The summed E-state index contributed by atoms with van der Waals surface area (Å²) in [5.41, 5.74) is 5.73. The minimum atomic E-state index is -1.56. The predicted molar refractivity (Wildman–Crippen MR) is 150 cm³/mol. The summed E-state index contributed by atoms with van der Waals surface area (Å²) in [4.78, 5) is 34.7. The number of carbonyl (C=O) groups is 2. The van der Waals surface area contributed by atoms with E-state index in [4.69, 9.17) is 19.6 Å². The van der Waals surface area contributed by atoms with Gasteiger partial charge in [-0.15, -0.1) is 0 Å². The van der Waals surface area contributed by atoms with E-state index in [9.17, 15) is 19.1 Å². The van der Waals surface area contributed by atoms with Crippen molar-refractivity contribution in [2.75, 3.05) is 6.61 Å². The summed E-state index contributed by atoms with van der Waals surface area (Å²) in [6.07, 6.45) is 5.05. The Labute approximate surface area is 241 Å². The Balaban J connectivity index is 1.29. The van der Waals surface area contributed by atoms with E-state index in [2.05, 4.69) is 9.97 Å². The second kappa shape index (κ2) is 10.4. The van der Waals surface area contributed by atoms with Crippen LogP contribution in [0.15, 0.2) is 65.4 Å². The number of Topliss-reactive ketones (excluding diaryl/α,β-unsaturated/α-hetero) is 1. The SMILES string of the molecule is C[C@](O)(CCC(=O)c1ccc(-c2ncco2)c(OC2CC2)c1)c1cc2c(c(-c3ccc(F)cc3)n1)OC[C@]2(C)C(N)=O. The summed E-state index contributed by atoms with van der Waals surface area (Å²) in [5.74, 6) is 0.0782. The zero-order chi connectivity index (χ0) is 29.6. The van der Waals surface area contributed by atoms with Gasteiger partial charge in [0.15, 0.2) is 5.78 Å². The predicted octanol–water partition coefficient (Wildman–Crippen LogP) is 5.09. The number of benzene rings is 2. The second-order valence-electron chi connectivity index (χ2n) is 11.3. The minimum absolute atomic E-state index is 0.00243. The molecule has 9 nitrogen and oxygen atoms in total. The van der Waals surface area contributed by atoms with E-state index in [1.54, 1.807) is 56.4 Å². The van der Waals surface area contributed by atoms with Gasteiger partial charge in [0.1, 0.15) is 46.9 Å². The van der Waals surface area contributed by atoms with Crippen LogP contribution in [0.1, 0.15) is 61.1 Å². The number of nitrogens with two attached hydrogens (primary N) is 1. The van der Waals surface area contributed by atoms with Crippen molar-refractivity contribution in [3.63, 3.8) is 0 Å². The average Bonchev–Trinajstić information content (AvgIpc) is 3.48. The summed E-state index contributed by atoms with van der Waals surface area (Å²) in [6, 6.07) is 12.4. The lowest BCUT2D eigenvalue weighted by Crippen LogP contribution is -2.40. The Morgan fingerprint density at radius 3 is 2.62 bits per heavy atom. The molecule has 2 atom stereocenters. The molecule has 6 rings (SSSR count). The molecule has 4 aromatic rings. The molecule has 0 radical (unpaired) electrons. The standard InChI is InChI=1S/C32H30FN3O6/c1-31(30(34)38)17-41-28-23(31)16-26(36-27(28)18-3-6-20(33)7-4-18)32(2,39)12-11-24(37)19-5-10-22(29-35-13-14-40-29)25(15-19)42-21-8-9-21/h3-7,10,13-16,21,39H,8-9,11-12,17H2,1-2H3,(H2,34,38)/t31-,32-/m0/s1. The zero-order valence-electron chi connectivity index (χ0n) is 23.2. The molecule has 0 saturated heterocycles. The lowest BCUT2D eigenvalue weighted by Gasteiger charge is -2.26. The Morgan fingerprint density at radius 1 is 1.19 bits per heavy atom. The maximum atomic E-state index is 13.7. The summed E-state index contributed by atoms with van der Waals surface area (Å²) in [7, 11) is 0. The number of pyridine rings is 1. The van der Waals surface area contributed by atoms with Gasteiger partial charge in [-0.25, -0.2) is 14.4 Å². The quantitative estimate of drug-likeness (QED) is 0.251. The highest BCUT2D eigenvalue weighted by atomic mass is 19.1. The molecule has 1 aliphatic carbocycles. The number of aromatic nitrogens is 2. The molecule has 0 spiro atoms. The summed E-state index contributed by atoms with van der Waals surface area (Å²) in [5, 5.41) is 11.6. The van der Waals surface area contributed by atoms with Gasteiger partial charge in [-0.05, 0) is 75.6 Å². The summed E-state index contributed by atoms with van der Waals surface area (Å²) in [6.45, 7) is 3.24. The number of aliphatic hydroxyl groups is 1. The van der Waals surface area contributed by atoms with Crippen LogP contribution in [0.3, 0.4) is 0 Å². The average molecular weight is 572 g/mol. The van der Waals surface area contributed by atoms with Crippen molar-refractivity contribution < 1.29 is 33.0 Å². The number of nitrogens with zero attached hydrogens (tertiary/aromatic N) is 2. The number of hydrogen-bond acceptors (Lipinski definition) is 8. The van der Waals surface area contributed by atoms with Gasteiger partial charge in [0.25, 0.3) is 0 Å². The molecule has 0 bridgehead atoms. The third kappa shape index (κ3) is 5.14. The molecule has 216 valence electrons. The van der Waals surface area contributed by atoms with E-state index < -0.39 is 22.7 Å². The molecular weight excluding hydrogens is 541 g/mol. The van der Waals surface area contributed by atoms with Crippen molar-refractivity contribution in [1.29, 1.82) is 0 Å². The number of hydrogen-bond donors (Lipinski definition) is 2. The molecule has 1 amide bonds. The van der Waals surface area contributed by atoms with Gasteiger partial charge in [0, 0.05) is 23.1 Å². The molecule has 1 aliphatic heterocycles. The van der Waals surface area contributed by atoms with E-state index in [1.165, 1.54) is 18.4 Å². The van der Waals surface area contributed by atoms with E-state index in [-0.39, 0.29) is 37.0 Å². The fourth-order valence-electron chi connectivity index (χ4n) is 4.99. The molecule has 2 aromatic carbocycles. The summed E-state index contributed by atoms with van der Waals surface area (Å²) >= 11 is 0. The van der Waals surface area contributed by atoms with Gasteiger partial charge in [-0.3, -0.25) is 9.59 Å². The van der Waals surface area contributed by atoms with Crippen LogP contribution in [0.4, 0.5) is 4.39 Å². The first-order valence-corrected chi connectivity index (χ1v) is 13.8. The van der Waals surface area contributed by atoms with Gasteiger partial charge >= 0.3 is 0 Å². The van der Waals surface area contributed by atoms with E-state index in [1.807, 2.05) is 0 Å². The molecule has 1 fully saturated rings. The van der Waals surface area contributed by atoms with Crippen LogP contribution < -0.4 is 15.2 Å². The lowest BCUT2D eigenvalue weighted by molar-refractivity contribution is -0.123. The molecule has 1 saturated carbocycles. The largest absolute Gasteiger partial charge is 0.490 e. The Kier molecular flexibility index (Phi) is 6.81. The fraction of sp³-hybridized carbons (Fsp3) is 0.312. The first kappa shape index (κ1) is 27.6. The zero-order valence-corrected chi connectivity index (χ0v) is 23.2. The molecule has 2 aromatic heterocycles. The van der Waals surface area contributed by atoms with Crippen molar-refractivity contribution >= 4 is 11.7 Å². The Bertz CT molecular complexity index is 1660. The fourth-order valence-corrected chi connectivity index (χ4v) is 4.99. The van der Waals surface area contributed by atoms with Crippen LogP contribution in [0.5, 0.6) is 11.5 Å². The molecular formula is C32H30FN3O6. The highest BCUT2D eigenvalue weighted by molar-refractivity contribution is 5.97. The van der Waals surface area contributed by atoms with Crippen molar-refractivity contribution in [3.05, 3.63) is 83.6 Å². The number of carbonyl (C=O) groups excluding carboxylic acids is 2. The van der Waals surface area contributed by atoms with Crippen LogP contribution in [0.25, 0.3) is 22.7 Å². The molecule has 10 heteroatoms. The van der Waals surface area contributed by atoms with Crippen molar-refractivity contribution in [2.45, 2.75) is 56.7 Å². The molecule has 42 heavy (non-hydrogen) atoms. The number of oxazole rings is 1. The number of amides is 1. The van der Waals surface area contributed by atoms with Crippen molar-refractivity contribution in [3.8, 4) is 34.2 Å². The topological polar surface area (TPSA) is 138 Å².